The van der Waals surface area contributed by atoms with Gasteiger partial charge in [0, 0.05) is 6.54 Å². The molecule has 3 rings (SSSR count). The third-order valence-electron chi connectivity index (χ3n) is 6.03. The largest absolute Gasteiger partial charge is 0.491 e. The Morgan fingerprint density at radius 3 is 2.50 bits per heavy atom. The van der Waals surface area contributed by atoms with Crippen molar-refractivity contribution >= 4 is 0 Å². The van der Waals surface area contributed by atoms with Crippen LogP contribution >= 0.6 is 0 Å². The van der Waals surface area contributed by atoms with Crippen LogP contribution in [0.3, 0.4) is 0 Å². The molecule has 3 heteroatoms. The Balaban J connectivity index is 1.55. The first kappa shape index (κ1) is 23.9. The number of hydrogen-bond donors (Lipinski definition) is 2. The highest BCUT2D eigenvalue weighted by molar-refractivity contribution is 5.38. The molecular weight excluding hydrogens is 394 g/mol. The molecule has 1 fully saturated rings. The Morgan fingerprint density at radius 1 is 1.12 bits per heavy atom. The van der Waals surface area contributed by atoms with E-state index < -0.39 is 6.10 Å². The number of ether oxygens (including phenoxy) is 1. The van der Waals surface area contributed by atoms with E-state index in [1.165, 1.54) is 37.7 Å². The fourth-order valence-corrected chi connectivity index (χ4v) is 4.37. The first-order valence-electron chi connectivity index (χ1n) is 11.7. The number of nitrogens with one attached hydrogen (secondary N) is 1. The van der Waals surface area contributed by atoms with Crippen LogP contribution in [0, 0.1) is 12.3 Å². The van der Waals surface area contributed by atoms with E-state index >= 15 is 0 Å². The predicted molar refractivity (Wildman–Crippen MR) is 133 cm³/mol. The van der Waals surface area contributed by atoms with Gasteiger partial charge >= 0.3 is 0 Å². The second kappa shape index (κ2) is 12.9. The van der Waals surface area contributed by atoms with Crippen molar-refractivity contribution in [2.75, 3.05) is 13.2 Å². The summed E-state index contributed by atoms with van der Waals surface area (Å²) in [6.07, 6.45) is 17.2. The molecule has 32 heavy (non-hydrogen) atoms. The normalized spacial score (nSPS) is 17.1. The van der Waals surface area contributed by atoms with Crippen LogP contribution in [0.1, 0.15) is 62.1 Å². The van der Waals surface area contributed by atoms with Crippen molar-refractivity contribution in [1.29, 1.82) is 0 Å². The van der Waals surface area contributed by atoms with Gasteiger partial charge in [0.25, 0.3) is 0 Å². The summed E-state index contributed by atoms with van der Waals surface area (Å²) in [5, 5.41) is 14.0. The summed E-state index contributed by atoms with van der Waals surface area (Å²) in [6, 6.07) is 18.4. The molecule has 2 aromatic carbocycles. The van der Waals surface area contributed by atoms with E-state index in [0.29, 0.717) is 12.5 Å². The summed E-state index contributed by atoms with van der Waals surface area (Å²) in [5.74, 6) is 4.11. The molecule has 2 N–H and O–H groups in total. The van der Waals surface area contributed by atoms with E-state index in [0.717, 1.165) is 16.9 Å². The quantitative estimate of drug-likeness (QED) is 0.363. The van der Waals surface area contributed by atoms with Crippen LogP contribution in [0.5, 0.6) is 5.75 Å². The molecular formula is C29H35NO2. The summed E-state index contributed by atoms with van der Waals surface area (Å²) in [5.41, 5.74) is 3.48. The van der Waals surface area contributed by atoms with E-state index in [9.17, 15) is 5.11 Å². The average Bonchev–Trinajstić information content (AvgIpc) is 2.84. The van der Waals surface area contributed by atoms with Gasteiger partial charge in [-0.05, 0) is 60.6 Å². The maximum atomic E-state index is 10.5. The Hall–Kier alpha value is -2.80. The first-order valence-corrected chi connectivity index (χ1v) is 11.7. The molecule has 168 valence electrons. The molecule has 0 spiro atoms. The highest BCUT2D eigenvalue weighted by atomic mass is 16.5. The van der Waals surface area contributed by atoms with Gasteiger partial charge in [-0.2, -0.15) is 0 Å². The van der Waals surface area contributed by atoms with Crippen molar-refractivity contribution in [3.05, 3.63) is 89.5 Å². The van der Waals surface area contributed by atoms with Gasteiger partial charge in [-0.1, -0.05) is 79.8 Å². The number of rotatable bonds is 10. The van der Waals surface area contributed by atoms with E-state index in [4.69, 9.17) is 11.2 Å². The number of benzene rings is 2. The van der Waals surface area contributed by atoms with Crippen LogP contribution in [0.4, 0.5) is 0 Å². The molecule has 0 aliphatic heterocycles. The second-order valence-corrected chi connectivity index (χ2v) is 8.43. The van der Waals surface area contributed by atoms with Gasteiger partial charge in [-0.25, -0.2) is 0 Å². The van der Waals surface area contributed by atoms with Crippen LogP contribution in [0.25, 0.3) is 0 Å². The number of aliphatic hydroxyl groups is 1. The van der Waals surface area contributed by atoms with Crippen molar-refractivity contribution in [2.24, 2.45) is 0 Å². The van der Waals surface area contributed by atoms with E-state index in [1.54, 1.807) is 6.08 Å². The van der Waals surface area contributed by atoms with Gasteiger partial charge in [-0.15, -0.1) is 6.42 Å². The van der Waals surface area contributed by atoms with Crippen molar-refractivity contribution in [2.45, 2.75) is 57.1 Å². The standard InChI is InChI=1S/C29H35NO2/c1-3-11-25(12-4-2)29(26-15-9-6-10-16-26)30-21-27(31)22-32-28-19-17-24(18-20-28)23-13-7-5-8-14-23/h1,4,6,9-12,15-20,23,27,29-31H,5,7-8,13-14,21-22H2,2H3/b12-4-,25-11+. The van der Waals surface area contributed by atoms with Crippen molar-refractivity contribution in [3.63, 3.8) is 0 Å². The zero-order valence-corrected chi connectivity index (χ0v) is 19.0. The van der Waals surface area contributed by atoms with Gasteiger partial charge in [0.15, 0.2) is 0 Å². The van der Waals surface area contributed by atoms with Gasteiger partial charge in [0.2, 0.25) is 0 Å². The lowest BCUT2D eigenvalue weighted by molar-refractivity contribution is 0.105. The lowest BCUT2D eigenvalue weighted by Crippen LogP contribution is -2.34. The molecule has 1 aliphatic carbocycles. The summed E-state index contributed by atoms with van der Waals surface area (Å²) in [6.45, 7) is 2.59. The zero-order chi connectivity index (χ0) is 22.6. The minimum atomic E-state index is -0.642. The topological polar surface area (TPSA) is 41.5 Å². The number of terminal acetylenes is 1. The Morgan fingerprint density at radius 2 is 1.84 bits per heavy atom. The van der Waals surface area contributed by atoms with Crippen LogP contribution in [-0.4, -0.2) is 24.4 Å². The van der Waals surface area contributed by atoms with Crippen molar-refractivity contribution in [1.82, 2.24) is 5.32 Å². The maximum Gasteiger partial charge on any atom is 0.119 e. The third-order valence-corrected chi connectivity index (χ3v) is 6.03. The predicted octanol–water partition coefficient (Wildman–Crippen LogP) is 5.94. The molecule has 2 atom stereocenters. The van der Waals surface area contributed by atoms with Crippen LogP contribution in [-0.2, 0) is 0 Å². The van der Waals surface area contributed by atoms with Gasteiger partial charge in [-0.3, -0.25) is 0 Å². The van der Waals surface area contributed by atoms with Gasteiger partial charge < -0.3 is 15.2 Å². The minimum Gasteiger partial charge on any atom is -0.491 e. The van der Waals surface area contributed by atoms with Crippen molar-refractivity contribution in [3.8, 4) is 18.1 Å². The molecule has 0 amide bonds. The lowest BCUT2D eigenvalue weighted by Gasteiger charge is -2.23. The number of hydrogen-bond acceptors (Lipinski definition) is 3. The molecule has 3 nitrogen and oxygen atoms in total. The SMILES string of the molecule is C#C/C=C(\C=C/C)C(NCC(O)COc1ccc(C2CCCCC2)cc1)c1ccccc1. The second-order valence-electron chi connectivity index (χ2n) is 8.43. The molecule has 0 aromatic heterocycles. The highest BCUT2D eigenvalue weighted by Crippen LogP contribution is 2.33. The molecule has 0 saturated heterocycles. The Bertz CT molecular complexity index is 902. The summed E-state index contributed by atoms with van der Waals surface area (Å²) < 4.78 is 5.85. The molecule has 0 heterocycles. The molecule has 1 saturated carbocycles. The smallest absolute Gasteiger partial charge is 0.119 e. The number of aliphatic hydroxyl groups excluding tert-OH is 1. The first-order chi connectivity index (χ1) is 15.7. The summed E-state index contributed by atoms with van der Waals surface area (Å²) in [7, 11) is 0. The third kappa shape index (κ3) is 7.12. The summed E-state index contributed by atoms with van der Waals surface area (Å²) in [4.78, 5) is 0. The monoisotopic (exact) mass is 429 g/mol. The van der Waals surface area contributed by atoms with E-state index in [1.807, 2.05) is 49.4 Å². The molecule has 2 aromatic rings. The fourth-order valence-electron chi connectivity index (χ4n) is 4.37. The van der Waals surface area contributed by atoms with E-state index in [-0.39, 0.29) is 12.6 Å². The van der Waals surface area contributed by atoms with Crippen LogP contribution in [0.2, 0.25) is 0 Å². The van der Waals surface area contributed by atoms with Gasteiger partial charge in [0.05, 0.1) is 6.04 Å². The van der Waals surface area contributed by atoms with Crippen molar-refractivity contribution < 1.29 is 9.84 Å². The average molecular weight is 430 g/mol. The fraction of sp³-hybridized carbons (Fsp3) is 0.379. The lowest BCUT2D eigenvalue weighted by atomic mass is 9.84. The van der Waals surface area contributed by atoms with Crippen LogP contribution in [0.15, 0.2) is 78.4 Å². The highest BCUT2D eigenvalue weighted by Gasteiger charge is 2.17. The molecule has 0 bridgehead atoms. The van der Waals surface area contributed by atoms with Gasteiger partial charge in [0.1, 0.15) is 18.5 Å². The van der Waals surface area contributed by atoms with E-state index in [2.05, 4.69) is 35.5 Å². The Kier molecular flexibility index (Phi) is 9.62. The number of allylic oxidation sites excluding steroid dienone is 2. The zero-order valence-electron chi connectivity index (χ0n) is 19.0. The molecule has 0 radical (unpaired) electrons. The Labute approximate surface area is 193 Å². The summed E-state index contributed by atoms with van der Waals surface area (Å²) >= 11 is 0. The van der Waals surface area contributed by atoms with Crippen LogP contribution < -0.4 is 10.1 Å². The molecule has 2 unspecified atom stereocenters. The minimum absolute atomic E-state index is 0.104. The maximum absolute atomic E-state index is 10.5. The molecule has 1 aliphatic rings.